The number of aromatic nitrogens is 3. The van der Waals surface area contributed by atoms with Gasteiger partial charge in [0, 0.05) is 30.6 Å². The molecule has 0 bridgehead atoms. The minimum absolute atomic E-state index is 0.0283. The van der Waals surface area contributed by atoms with Crippen LogP contribution in [0.25, 0.3) is 0 Å². The van der Waals surface area contributed by atoms with Gasteiger partial charge in [-0.05, 0) is 24.3 Å². The normalized spacial score (nSPS) is 10.4. The molecule has 0 aliphatic heterocycles. The molecule has 100 valence electrons. The average Bonchev–Trinajstić information content (AvgIpc) is 2.78. The van der Waals surface area contributed by atoms with Crippen molar-refractivity contribution in [3.05, 3.63) is 30.6 Å². The number of rotatable bonds is 5. The van der Waals surface area contributed by atoms with E-state index in [0.29, 0.717) is 17.9 Å². The van der Waals surface area contributed by atoms with E-state index in [4.69, 9.17) is 5.73 Å². The first-order valence-electron chi connectivity index (χ1n) is 5.77. The molecule has 6 nitrogen and oxygen atoms in total. The highest BCUT2D eigenvalue weighted by Crippen LogP contribution is 2.15. The predicted molar refractivity (Wildman–Crippen MR) is 75.8 cm³/mol. The second-order valence-electron chi connectivity index (χ2n) is 3.93. The number of hydrogen-bond donors (Lipinski definition) is 2. The van der Waals surface area contributed by atoms with E-state index in [1.165, 1.54) is 18.1 Å². The Hall–Kier alpha value is -2.02. The zero-order valence-electron chi connectivity index (χ0n) is 10.5. The van der Waals surface area contributed by atoms with Gasteiger partial charge in [-0.15, -0.1) is 0 Å². The van der Waals surface area contributed by atoms with Gasteiger partial charge in [-0.1, -0.05) is 11.8 Å². The van der Waals surface area contributed by atoms with Gasteiger partial charge in [0.05, 0.1) is 0 Å². The molecule has 2 aromatic rings. The highest BCUT2D eigenvalue weighted by atomic mass is 32.2. The highest BCUT2D eigenvalue weighted by Gasteiger charge is 2.05. The van der Waals surface area contributed by atoms with Crippen molar-refractivity contribution in [3.8, 4) is 0 Å². The quantitative estimate of drug-likeness (QED) is 0.639. The van der Waals surface area contributed by atoms with Crippen LogP contribution >= 0.6 is 11.8 Å². The van der Waals surface area contributed by atoms with E-state index in [-0.39, 0.29) is 5.91 Å². The summed E-state index contributed by atoms with van der Waals surface area (Å²) < 4.78 is 1.68. The van der Waals surface area contributed by atoms with Gasteiger partial charge in [-0.3, -0.25) is 4.79 Å². The van der Waals surface area contributed by atoms with Crippen molar-refractivity contribution in [2.75, 3.05) is 16.8 Å². The molecule has 0 radical (unpaired) electrons. The van der Waals surface area contributed by atoms with Crippen molar-refractivity contribution in [2.45, 2.75) is 11.6 Å². The van der Waals surface area contributed by atoms with E-state index in [2.05, 4.69) is 15.4 Å². The Kier molecular flexibility index (Phi) is 4.40. The standard InChI is InChI=1S/C12H15N5OS/c1-17-12(14-8-15-17)19-7-6-11(18)16-10-4-2-9(13)3-5-10/h2-5,8H,6-7,13H2,1H3,(H,16,18). The minimum Gasteiger partial charge on any atom is -0.399 e. The van der Waals surface area contributed by atoms with Crippen molar-refractivity contribution in [3.63, 3.8) is 0 Å². The third-order valence-electron chi connectivity index (χ3n) is 2.42. The zero-order chi connectivity index (χ0) is 13.7. The molecular weight excluding hydrogens is 262 g/mol. The van der Waals surface area contributed by atoms with Gasteiger partial charge in [0.2, 0.25) is 5.91 Å². The largest absolute Gasteiger partial charge is 0.399 e. The monoisotopic (exact) mass is 277 g/mol. The first-order valence-corrected chi connectivity index (χ1v) is 6.76. The molecule has 1 aromatic carbocycles. The van der Waals surface area contributed by atoms with Crippen LogP contribution in [0.4, 0.5) is 11.4 Å². The van der Waals surface area contributed by atoms with Crippen LogP contribution in [0, 0.1) is 0 Å². The number of anilines is 2. The summed E-state index contributed by atoms with van der Waals surface area (Å²) in [5.41, 5.74) is 7.00. The summed E-state index contributed by atoms with van der Waals surface area (Å²) in [4.78, 5) is 15.8. The molecule has 0 aliphatic carbocycles. The van der Waals surface area contributed by atoms with Crippen LogP contribution in [-0.4, -0.2) is 26.4 Å². The van der Waals surface area contributed by atoms with E-state index in [0.717, 1.165) is 10.8 Å². The Morgan fingerprint density at radius 1 is 1.42 bits per heavy atom. The average molecular weight is 277 g/mol. The molecule has 0 atom stereocenters. The molecule has 0 spiro atoms. The number of aryl methyl sites for hydroxylation is 1. The van der Waals surface area contributed by atoms with Gasteiger partial charge in [0.15, 0.2) is 5.16 Å². The van der Waals surface area contributed by atoms with E-state index in [1.54, 1.807) is 28.9 Å². The fraction of sp³-hybridized carbons (Fsp3) is 0.250. The number of thioether (sulfide) groups is 1. The topological polar surface area (TPSA) is 85.8 Å². The summed E-state index contributed by atoms with van der Waals surface area (Å²) in [6.45, 7) is 0. The number of nitrogens with one attached hydrogen (secondary N) is 1. The van der Waals surface area contributed by atoms with Crippen LogP contribution in [0.3, 0.4) is 0 Å². The van der Waals surface area contributed by atoms with Crippen LogP contribution in [0.15, 0.2) is 35.7 Å². The first-order chi connectivity index (χ1) is 9.15. The number of nitrogen functional groups attached to an aromatic ring is 1. The summed E-state index contributed by atoms with van der Waals surface area (Å²) in [6, 6.07) is 7.07. The fourth-order valence-corrected chi connectivity index (χ4v) is 2.27. The number of nitrogens with zero attached hydrogens (tertiary/aromatic N) is 3. The molecule has 3 N–H and O–H groups in total. The summed E-state index contributed by atoms with van der Waals surface area (Å²) in [7, 11) is 1.82. The Labute approximate surface area is 115 Å². The Morgan fingerprint density at radius 3 is 2.79 bits per heavy atom. The van der Waals surface area contributed by atoms with Crippen molar-refractivity contribution in [1.29, 1.82) is 0 Å². The van der Waals surface area contributed by atoms with E-state index < -0.39 is 0 Å². The molecule has 0 aliphatic rings. The Bertz CT molecular complexity index is 552. The number of benzene rings is 1. The third-order valence-corrected chi connectivity index (χ3v) is 3.46. The molecule has 1 aromatic heterocycles. The van der Waals surface area contributed by atoms with Gasteiger partial charge >= 0.3 is 0 Å². The number of hydrogen-bond acceptors (Lipinski definition) is 5. The van der Waals surface area contributed by atoms with Crippen LogP contribution in [0.5, 0.6) is 0 Å². The van der Waals surface area contributed by atoms with Crippen molar-refractivity contribution in [1.82, 2.24) is 14.8 Å². The molecule has 0 unspecified atom stereocenters. The summed E-state index contributed by atoms with van der Waals surface area (Å²) in [6.07, 6.45) is 1.92. The highest BCUT2D eigenvalue weighted by molar-refractivity contribution is 7.99. The first kappa shape index (κ1) is 13.4. The lowest BCUT2D eigenvalue weighted by Crippen LogP contribution is -2.12. The molecule has 0 fully saturated rings. The van der Waals surface area contributed by atoms with E-state index >= 15 is 0 Å². The van der Waals surface area contributed by atoms with Gasteiger partial charge in [-0.2, -0.15) is 5.10 Å². The summed E-state index contributed by atoms with van der Waals surface area (Å²) in [5.74, 6) is 0.632. The Balaban J connectivity index is 1.76. The van der Waals surface area contributed by atoms with Gasteiger partial charge in [0.25, 0.3) is 0 Å². The van der Waals surface area contributed by atoms with Crippen molar-refractivity contribution >= 4 is 29.0 Å². The number of carbonyl (C=O) groups is 1. The molecule has 0 saturated carbocycles. The molecule has 0 saturated heterocycles. The zero-order valence-corrected chi connectivity index (χ0v) is 11.4. The lowest BCUT2D eigenvalue weighted by atomic mass is 10.3. The maximum absolute atomic E-state index is 11.7. The smallest absolute Gasteiger partial charge is 0.225 e. The van der Waals surface area contributed by atoms with E-state index in [9.17, 15) is 4.79 Å². The second kappa shape index (κ2) is 6.24. The van der Waals surface area contributed by atoms with Crippen molar-refractivity contribution in [2.24, 2.45) is 7.05 Å². The molecule has 1 amide bonds. The third kappa shape index (κ3) is 3.99. The number of carbonyl (C=O) groups excluding carboxylic acids is 1. The summed E-state index contributed by atoms with van der Waals surface area (Å²) in [5, 5.41) is 7.58. The van der Waals surface area contributed by atoms with E-state index in [1.807, 2.05) is 7.05 Å². The van der Waals surface area contributed by atoms with Gasteiger partial charge < -0.3 is 11.1 Å². The van der Waals surface area contributed by atoms with Crippen LogP contribution in [0.2, 0.25) is 0 Å². The Morgan fingerprint density at radius 2 is 2.16 bits per heavy atom. The molecule has 2 rings (SSSR count). The maximum atomic E-state index is 11.7. The lowest BCUT2D eigenvalue weighted by molar-refractivity contribution is -0.115. The second-order valence-corrected chi connectivity index (χ2v) is 5.00. The van der Waals surface area contributed by atoms with Gasteiger partial charge in [-0.25, -0.2) is 9.67 Å². The molecule has 7 heteroatoms. The maximum Gasteiger partial charge on any atom is 0.225 e. The van der Waals surface area contributed by atoms with Crippen molar-refractivity contribution < 1.29 is 4.79 Å². The SMILES string of the molecule is Cn1ncnc1SCCC(=O)Nc1ccc(N)cc1. The number of amides is 1. The molecule has 1 heterocycles. The van der Waals surface area contributed by atoms with Gasteiger partial charge in [0.1, 0.15) is 6.33 Å². The molecule has 19 heavy (non-hydrogen) atoms. The lowest BCUT2D eigenvalue weighted by Gasteiger charge is -2.05. The molecular formula is C12H15N5OS. The van der Waals surface area contributed by atoms with Crippen LogP contribution < -0.4 is 11.1 Å². The minimum atomic E-state index is -0.0283. The van der Waals surface area contributed by atoms with Crippen LogP contribution in [0.1, 0.15) is 6.42 Å². The predicted octanol–water partition coefficient (Wildman–Crippen LogP) is 1.52. The summed E-state index contributed by atoms with van der Waals surface area (Å²) >= 11 is 1.50. The van der Waals surface area contributed by atoms with Crippen LogP contribution in [-0.2, 0) is 11.8 Å². The fourth-order valence-electron chi connectivity index (χ4n) is 1.44. The number of nitrogens with two attached hydrogens (primary N) is 1.